The molecule has 0 spiro atoms. The monoisotopic (exact) mass is 942 g/mol. The molecule has 0 fully saturated rings. The van der Waals surface area contributed by atoms with Crippen LogP contribution in [0.5, 0.6) is 0 Å². The zero-order valence-electron chi connectivity index (χ0n) is 40.8. The van der Waals surface area contributed by atoms with Crippen LogP contribution in [0.3, 0.4) is 0 Å². The highest BCUT2D eigenvalue weighted by Gasteiger charge is 2.25. The number of nitrogens with zero attached hydrogens (tertiary/aromatic N) is 2. The summed E-state index contributed by atoms with van der Waals surface area (Å²) in [4.78, 5) is 2.37. The van der Waals surface area contributed by atoms with Gasteiger partial charge in [0.1, 0.15) is 0 Å². The van der Waals surface area contributed by atoms with E-state index < -0.39 is 0 Å². The number of hydrogen-bond donors (Lipinski definition) is 0. The van der Waals surface area contributed by atoms with Crippen molar-refractivity contribution in [2.24, 2.45) is 0 Å². The fraction of sp³-hybridized carbons (Fsp3) is 0. The Hall–Kier alpha value is -9.76. The second kappa shape index (κ2) is 19.4. The highest BCUT2D eigenvalue weighted by atomic mass is 15.1. The van der Waals surface area contributed by atoms with Gasteiger partial charge in [-0.2, -0.15) is 0 Å². The first-order valence-corrected chi connectivity index (χ1v) is 25.4. The minimum Gasteiger partial charge on any atom is -0.311 e. The van der Waals surface area contributed by atoms with Crippen LogP contribution in [0.15, 0.2) is 303 Å². The molecular weight excluding hydrogens is 893 g/mol. The second-order valence-corrected chi connectivity index (χ2v) is 18.9. The SMILES string of the molecule is c1ccc(-c2ccc(-c3ccc(N(c4ccc(-c5ccc(-c6ccccc6)cc5)cc4)c4ccc(-c5cc6c(-c7ccccc7)c(-c7ccccc7)n(-c7ccccc7)c6c6ccccc56)cc4)cc3)cc2)cc1. The second-order valence-electron chi connectivity index (χ2n) is 18.9. The van der Waals surface area contributed by atoms with Crippen molar-refractivity contribution in [1.82, 2.24) is 4.57 Å². The lowest BCUT2D eigenvalue weighted by molar-refractivity contribution is 1.14. The Labute approximate surface area is 433 Å². The number of benzene rings is 12. The molecule has 348 valence electrons. The standard InChI is InChI=1S/C72H50N2/c1-6-18-51(19-7-1)53-30-34-55(35-31-53)57-38-44-63(45-39-57)73(64-46-40-58(41-47-64)56-36-32-54(33-37-56)52-20-8-2-9-21-52)65-48-42-59(43-49-65)68-50-69-70(60-22-10-3-11-23-60)71(61-24-12-4-13-25-61)74(62-26-14-5-15-27-62)72(69)67-29-17-16-28-66(67)68/h1-50H. The van der Waals surface area contributed by atoms with Crippen LogP contribution < -0.4 is 4.90 Å². The van der Waals surface area contributed by atoms with Crippen molar-refractivity contribution in [2.45, 2.75) is 0 Å². The molecule has 0 aliphatic carbocycles. The van der Waals surface area contributed by atoms with E-state index >= 15 is 0 Å². The summed E-state index contributed by atoms with van der Waals surface area (Å²) in [5.74, 6) is 0. The molecule has 0 amide bonds. The average Bonchev–Trinajstić information content (AvgIpc) is 3.90. The van der Waals surface area contributed by atoms with Gasteiger partial charge < -0.3 is 9.47 Å². The Morgan fingerprint density at radius 1 is 0.230 bits per heavy atom. The van der Waals surface area contributed by atoms with Crippen molar-refractivity contribution < 1.29 is 0 Å². The zero-order valence-corrected chi connectivity index (χ0v) is 40.8. The summed E-state index contributed by atoms with van der Waals surface area (Å²) in [6.45, 7) is 0. The Kier molecular flexibility index (Phi) is 11.6. The van der Waals surface area contributed by atoms with Gasteiger partial charge in [0, 0.05) is 39.1 Å². The van der Waals surface area contributed by atoms with Crippen molar-refractivity contribution in [3.63, 3.8) is 0 Å². The maximum Gasteiger partial charge on any atom is 0.0620 e. The number of hydrogen-bond acceptors (Lipinski definition) is 1. The Balaban J connectivity index is 0.923. The van der Waals surface area contributed by atoms with Crippen LogP contribution in [0.25, 0.3) is 105 Å². The summed E-state index contributed by atoms with van der Waals surface area (Å²) >= 11 is 0. The summed E-state index contributed by atoms with van der Waals surface area (Å²) in [5, 5.41) is 3.62. The molecule has 0 saturated heterocycles. The largest absolute Gasteiger partial charge is 0.311 e. The molecule has 13 aromatic rings. The minimum atomic E-state index is 1.07. The normalized spacial score (nSPS) is 11.2. The van der Waals surface area contributed by atoms with Crippen molar-refractivity contribution in [1.29, 1.82) is 0 Å². The molecule has 0 aliphatic heterocycles. The first-order valence-electron chi connectivity index (χ1n) is 25.4. The average molecular weight is 943 g/mol. The summed E-state index contributed by atoms with van der Waals surface area (Å²) < 4.78 is 2.48. The number of fused-ring (bicyclic) bond motifs is 3. The van der Waals surface area contributed by atoms with E-state index in [0.717, 1.165) is 28.3 Å². The topological polar surface area (TPSA) is 8.17 Å². The van der Waals surface area contributed by atoms with Crippen molar-refractivity contribution in [3.8, 4) is 83.7 Å². The molecular formula is C72H50N2. The molecule has 1 heterocycles. The molecule has 13 rings (SSSR count). The van der Waals surface area contributed by atoms with Crippen molar-refractivity contribution in [3.05, 3.63) is 303 Å². The third kappa shape index (κ3) is 8.35. The highest BCUT2D eigenvalue weighted by Crippen LogP contribution is 2.48. The van der Waals surface area contributed by atoms with Crippen LogP contribution in [0, 0.1) is 0 Å². The lowest BCUT2D eigenvalue weighted by Crippen LogP contribution is -2.09. The molecule has 0 radical (unpaired) electrons. The van der Waals surface area contributed by atoms with Gasteiger partial charge in [0.15, 0.2) is 0 Å². The summed E-state index contributed by atoms with van der Waals surface area (Å²) in [5.41, 5.74) is 22.2. The lowest BCUT2D eigenvalue weighted by Gasteiger charge is -2.26. The van der Waals surface area contributed by atoms with Gasteiger partial charge in [-0.25, -0.2) is 0 Å². The molecule has 0 bridgehead atoms. The summed E-state index contributed by atoms with van der Waals surface area (Å²) in [6, 6.07) is 110. The van der Waals surface area contributed by atoms with E-state index in [1.807, 2.05) is 0 Å². The molecule has 1 aromatic heterocycles. The van der Waals surface area contributed by atoms with E-state index in [1.54, 1.807) is 0 Å². The lowest BCUT2D eigenvalue weighted by atomic mass is 9.92. The van der Waals surface area contributed by atoms with Gasteiger partial charge in [-0.3, -0.25) is 0 Å². The number of aromatic nitrogens is 1. The third-order valence-corrected chi connectivity index (χ3v) is 14.4. The van der Waals surface area contributed by atoms with Crippen LogP contribution in [0.4, 0.5) is 17.1 Å². The number of para-hydroxylation sites is 1. The van der Waals surface area contributed by atoms with Crippen LogP contribution in [0.1, 0.15) is 0 Å². The van der Waals surface area contributed by atoms with Gasteiger partial charge in [-0.1, -0.05) is 249 Å². The van der Waals surface area contributed by atoms with Crippen molar-refractivity contribution >= 4 is 38.7 Å². The van der Waals surface area contributed by atoms with Crippen LogP contribution >= 0.6 is 0 Å². The maximum atomic E-state index is 2.48. The van der Waals surface area contributed by atoms with Gasteiger partial charge in [-0.15, -0.1) is 0 Å². The molecule has 0 unspecified atom stereocenters. The number of anilines is 3. The van der Waals surface area contributed by atoms with Crippen LogP contribution in [-0.2, 0) is 0 Å². The van der Waals surface area contributed by atoms with E-state index in [4.69, 9.17) is 0 Å². The zero-order chi connectivity index (χ0) is 49.2. The predicted octanol–water partition coefficient (Wildman–Crippen LogP) is 19.9. The molecule has 12 aromatic carbocycles. The van der Waals surface area contributed by atoms with Gasteiger partial charge >= 0.3 is 0 Å². The fourth-order valence-corrected chi connectivity index (χ4v) is 10.8. The fourth-order valence-electron chi connectivity index (χ4n) is 10.8. The number of rotatable bonds is 11. The van der Waals surface area contributed by atoms with Gasteiger partial charge in [-0.05, 0) is 127 Å². The molecule has 0 atom stereocenters. The maximum absolute atomic E-state index is 2.48. The van der Waals surface area contributed by atoms with Gasteiger partial charge in [0.05, 0.1) is 11.2 Å². The Bertz CT molecular complexity index is 3890. The summed E-state index contributed by atoms with van der Waals surface area (Å²) in [6.07, 6.45) is 0. The smallest absolute Gasteiger partial charge is 0.0620 e. The van der Waals surface area contributed by atoms with E-state index in [1.165, 1.54) is 94.1 Å². The van der Waals surface area contributed by atoms with Crippen LogP contribution in [0.2, 0.25) is 0 Å². The third-order valence-electron chi connectivity index (χ3n) is 14.4. The van der Waals surface area contributed by atoms with Crippen LogP contribution in [-0.4, -0.2) is 4.57 Å². The van der Waals surface area contributed by atoms with E-state index in [0.29, 0.717) is 0 Å². The Morgan fingerprint density at radius 3 is 0.959 bits per heavy atom. The van der Waals surface area contributed by atoms with Gasteiger partial charge in [0.25, 0.3) is 0 Å². The molecule has 74 heavy (non-hydrogen) atoms. The van der Waals surface area contributed by atoms with E-state index in [-0.39, 0.29) is 0 Å². The highest BCUT2D eigenvalue weighted by molar-refractivity contribution is 6.20. The predicted molar refractivity (Wildman–Crippen MR) is 314 cm³/mol. The van der Waals surface area contributed by atoms with Crippen molar-refractivity contribution in [2.75, 3.05) is 4.90 Å². The molecule has 0 saturated carbocycles. The van der Waals surface area contributed by atoms with E-state index in [9.17, 15) is 0 Å². The molecule has 2 heteroatoms. The molecule has 0 N–H and O–H groups in total. The first kappa shape index (κ1) is 44.2. The molecule has 2 nitrogen and oxygen atoms in total. The van der Waals surface area contributed by atoms with Gasteiger partial charge in [0.2, 0.25) is 0 Å². The minimum absolute atomic E-state index is 1.07. The quantitative estimate of drug-likeness (QED) is 0.125. The van der Waals surface area contributed by atoms with E-state index in [2.05, 4.69) is 313 Å². The first-order chi connectivity index (χ1) is 36.7. The summed E-state index contributed by atoms with van der Waals surface area (Å²) in [7, 11) is 0. The Morgan fingerprint density at radius 2 is 0.541 bits per heavy atom. The molecule has 0 aliphatic rings.